The number of hydrogen-bond donors (Lipinski definition) is 1. The molecule has 3 unspecified atom stereocenters. The zero-order valence-electron chi connectivity index (χ0n) is 14.1. The summed E-state index contributed by atoms with van der Waals surface area (Å²) in [7, 11) is 1.43. The van der Waals surface area contributed by atoms with Gasteiger partial charge in [0.05, 0.1) is 7.11 Å². The fraction of sp³-hybridized carbons (Fsp3) is 0.667. The van der Waals surface area contributed by atoms with Gasteiger partial charge in [0.1, 0.15) is 0 Å². The normalized spacial score (nSPS) is 23.7. The number of esters is 1. The maximum absolute atomic E-state index is 11.7. The van der Waals surface area contributed by atoms with Gasteiger partial charge in [-0.25, -0.2) is 4.79 Å². The fourth-order valence-electron chi connectivity index (χ4n) is 3.16. The van der Waals surface area contributed by atoms with E-state index in [1.165, 1.54) is 26.4 Å². The molecule has 1 aliphatic carbocycles. The minimum atomic E-state index is -0.833. The summed E-state index contributed by atoms with van der Waals surface area (Å²) in [5, 5.41) is 7.42. The number of hydrogen-bond acceptors (Lipinski definition) is 3. The summed E-state index contributed by atoms with van der Waals surface area (Å²) in [6, 6.07) is 0. The van der Waals surface area contributed by atoms with Gasteiger partial charge >= 0.3 is 5.97 Å². The molecule has 0 aliphatic heterocycles. The van der Waals surface area contributed by atoms with E-state index in [0.717, 1.165) is 26.2 Å². The van der Waals surface area contributed by atoms with Gasteiger partial charge in [0.25, 0.3) is 5.97 Å². The van der Waals surface area contributed by atoms with Crippen molar-refractivity contribution in [2.45, 2.75) is 52.4 Å². The van der Waals surface area contributed by atoms with Crippen LogP contribution in [0.2, 0.25) is 0 Å². The summed E-state index contributed by atoms with van der Waals surface area (Å²) in [6.07, 6.45) is 9.04. The summed E-state index contributed by atoms with van der Waals surface area (Å²) in [5.74, 6) is 0.242. The number of ether oxygens (including phenoxy) is 1. The lowest BCUT2D eigenvalue weighted by atomic mass is 9.67. The van der Waals surface area contributed by atoms with Crippen LogP contribution in [0.4, 0.5) is 0 Å². The van der Waals surface area contributed by atoms with E-state index >= 15 is 0 Å². The fourth-order valence-corrected chi connectivity index (χ4v) is 3.16. The molecular formula is C18H30O4. The SMILES string of the molecule is C=CC1CCCC(C(=C)C(=O)OC)C1CCCC.CC(=O)O. The van der Waals surface area contributed by atoms with E-state index in [0.29, 0.717) is 17.4 Å². The van der Waals surface area contributed by atoms with Crippen LogP contribution in [0.5, 0.6) is 0 Å². The summed E-state index contributed by atoms with van der Waals surface area (Å²) in [4.78, 5) is 20.7. The standard InChI is InChI=1S/C16H26O2.C2H4O2/c1-5-7-10-15-13(6-2)9-8-11-14(15)12(3)16(17)18-4;1-2(3)4/h6,13-15H,2-3,5,7-11H2,1,4H3;1H3,(H,3,4). The van der Waals surface area contributed by atoms with Crippen molar-refractivity contribution < 1.29 is 19.4 Å². The van der Waals surface area contributed by atoms with Crippen molar-refractivity contribution in [3.63, 3.8) is 0 Å². The molecule has 4 nitrogen and oxygen atoms in total. The highest BCUT2D eigenvalue weighted by molar-refractivity contribution is 5.88. The topological polar surface area (TPSA) is 63.6 Å². The van der Waals surface area contributed by atoms with Crippen LogP contribution in [0.1, 0.15) is 52.4 Å². The molecule has 1 N–H and O–H groups in total. The molecule has 0 spiro atoms. The summed E-state index contributed by atoms with van der Waals surface area (Å²) >= 11 is 0. The molecule has 1 fully saturated rings. The number of allylic oxidation sites excluding steroid dienone is 1. The maximum Gasteiger partial charge on any atom is 0.333 e. The molecule has 3 atom stereocenters. The molecule has 0 aromatic rings. The Morgan fingerprint density at radius 1 is 1.36 bits per heavy atom. The number of rotatable bonds is 6. The maximum atomic E-state index is 11.7. The van der Waals surface area contributed by atoms with Crippen LogP contribution in [0, 0.1) is 17.8 Å². The second-order valence-corrected chi connectivity index (χ2v) is 5.78. The smallest absolute Gasteiger partial charge is 0.333 e. The Hall–Kier alpha value is -1.58. The minimum absolute atomic E-state index is 0.244. The van der Waals surface area contributed by atoms with Crippen molar-refractivity contribution in [2.24, 2.45) is 17.8 Å². The van der Waals surface area contributed by atoms with Gasteiger partial charge in [-0.2, -0.15) is 0 Å². The Kier molecular flexibility index (Phi) is 10.3. The number of aliphatic carboxylic acids is 1. The van der Waals surface area contributed by atoms with Gasteiger partial charge in [-0.1, -0.05) is 38.8 Å². The molecule has 0 bridgehead atoms. The highest BCUT2D eigenvalue weighted by atomic mass is 16.5. The van der Waals surface area contributed by atoms with Crippen LogP contribution >= 0.6 is 0 Å². The van der Waals surface area contributed by atoms with Crippen molar-refractivity contribution in [1.82, 2.24) is 0 Å². The molecule has 0 heterocycles. The third kappa shape index (κ3) is 6.92. The zero-order valence-corrected chi connectivity index (χ0v) is 14.1. The van der Waals surface area contributed by atoms with E-state index in [-0.39, 0.29) is 11.9 Å². The number of methoxy groups -OCH3 is 1. The zero-order chi connectivity index (χ0) is 17.1. The number of carboxylic acids is 1. The predicted octanol–water partition coefficient (Wildman–Crippen LogP) is 4.22. The van der Waals surface area contributed by atoms with Crippen molar-refractivity contribution in [2.75, 3.05) is 7.11 Å². The molecule has 0 radical (unpaired) electrons. The lowest BCUT2D eigenvalue weighted by Crippen LogP contribution is -2.31. The summed E-state index contributed by atoms with van der Waals surface area (Å²) in [6.45, 7) is 11.2. The van der Waals surface area contributed by atoms with Gasteiger partial charge in [0, 0.05) is 12.5 Å². The molecule has 22 heavy (non-hydrogen) atoms. The lowest BCUT2D eigenvalue weighted by molar-refractivity contribution is -0.137. The summed E-state index contributed by atoms with van der Waals surface area (Å²) in [5.41, 5.74) is 0.658. The first-order chi connectivity index (χ1) is 10.4. The van der Waals surface area contributed by atoms with Gasteiger partial charge < -0.3 is 9.84 Å². The Morgan fingerprint density at radius 3 is 2.41 bits per heavy atom. The Labute approximate surface area is 134 Å². The molecule has 126 valence electrons. The summed E-state index contributed by atoms with van der Waals surface area (Å²) < 4.78 is 4.82. The lowest BCUT2D eigenvalue weighted by Gasteiger charge is -2.37. The predicted molar refractivity (Wildman–Crippen MR) is 88.5 cm³/mol. The Morgan fingerprint density at radius 2 is 1.95 bits per heavy atom. The number of carbonyl (C=O) groups is 2. The van der Waals surface area contributed by atoms with E-state index in [2.05, 4.69) is 26.2 Å². The first-order valence-electron chi connectivity index (χ1n) is 7.98. The van der Waals surface area contributed by atoms with Gasteiger partial charge in [0.15, 0.2) is 0 Å². The Bertz CT molecular complexity index is 383. The molecule has 1 saturated carbocycles. The van der Waals surface area contributed by atoms with Crippen LogP contribution in [0.15, 0.2) is 24.8 Å². The van der Waals surface area contributed by atoms with Crippen molar-refractivity contribution in [3.05, 3.63) is 24.8 Å². The minimum Gasteiger partial charge on any atom is -0.481 e. The molecule has 1 aliphatic rings. The second kappa shape index (κ2) is 11.0. The quantitative estimate of drug-likeness (QED) is 0.453. The van der Waals surface area contributed by atoms with Gasteiger partial charge in [0.2, 0.25) is 0 Å². The number of carboxylic acid groups (broad SMARTS) is 1. The average molecular weight is 310 g/mol. The molecule has 0 amide bonds. The first-order valence-corrected chi connectivity index (χ1v) is 7.98. The van der Waals surface area contributed by atoms with Crippen molar-refractivity contribution >= 4 is 11.9 Å². The van der Waals surface area contributed by atoms with E-state index < -0.39 is 5.97 Å². The van der Waals surface area contributed by atoms with Crippen molar-refractivity contribution in [3.8, 4) is 0 Å². The van der Waals surface area contributed by atoms with Gasteiger partial charge in [-0.05, 0) is 37.0 Å². The largest absolute Gasteiger partial charge is 0.481 e. The van der Waals surface area contributed by atoms with Gasteiger partial charge in [-0.3, -0.25) is 4.79 Å². The third-order valence-electron chi connectivity index (χ3n) is 4.21. The molecular weight excluding hydrogens is 280 g/mol. The molecule has 4 heteroatoms. The van der Waals surface area contributed by atoms with Gasteiger partial charge in [-0.15, -0.1) is 6.58 Å². The van der Waals surface area contributed by atoms with Crippen LogP contribution < -0.4 is 0 Å². The van der Waals surface area contributed by atoms with E-state index in [4.69, 9.17) is 14.6 Å². The van der Waals surface area contributed by atoms with E-state index in [1.54, 1.807) is 0 Å². The second-order valence-electron chi connectivity index (χ2n) is 5.78. The highest BCUT2D eigenvalue weighted by Crippen LogP contribution is 2.42. The van der Waals surface area contributed by atoms with Crippen LogP contribution in [-0.4, -0.2) is 24.2 Å². The van der Waals surface area contributed by atoms with E-state index in [1.807, 2.05) is 0 Å². The van der Waals surface area contributed by atoms with Crippen LogP contribution in [0.3, 0.4) is 0 Å². The molecule has 0 aromatic heterocycles. The molecule has 0 aromatic carbocycles. The van der Waals surface area contributed by atoms with Crippen molar-refractivity contribution in [1.29, 1.82) is 0 Å². The Balaban J connectivity index is 0.000000980. The highest BCUT2D eigenvalue weighted by Gasteiger charge is 2.34. The molecule has 1 rings (SSSR count). The monoisotopic (exact) mass is 310 g/mol. The number of unbranched alkanes of at least 4 members (excludes halogenated alkanes) is 1. The average Bonchev–Trinajstić information content (AvgIpc) is 2.50. The molecule has 0 saturated heterocycles. The number of carbonyl (C=O) groups excluding carboxylic acids is 1. The van der Waals surface area contributed by atoms with E-state index in [9.17, 15) is 4.79 Å². The van der Waals surface area contributed by atoms with Crippen LogP contribution in [-0.2, 0) is 14.3 Å². The third-order valence-corrected chi connectivity index (χ3v) is 4.21. The van der Waals surface area contributed by atoms with Crippen LogP contribution in [0.25, 0.3) is 0 Å². The first kappa shape index (κ1) is 20.4.